The predicted molar refractivity (Wildman–Crippen MR) is 126 cm³/mol. The third-order valence-corrected chi connectivity index (χ3v) is 6.27. The van der Waals surface area contributed by atoms with Crippen molar-refractivity contribution in [2.75, 3.05) is 0 Å². The summed E-state index contributed by atoms with van der Waals surface area (Å²) in [5, 5.41) is 12.0. The van der Waals surface area contributed by atoms with Gasteiger partial charge in [0.1, 0.15) is 0 Å². The number of nitrogens with zero attached hydrogens (tertiary/aromatic N) is 2. The lowest BCUT2D eigenvalue weighted by Crippen LogP contribution is -2.37. The lowest BCUT2D eigenvalue weighted by atomic mass is 9.86. The van der Waals surface area contributed by atoms with Crippen molar-refractivity contribution in [1.82, 2.24) is 15.1 Å². The van der Waals surface area contributed by atoms with Gasteiger partial charge in [0.05, 0.1) is 17.7 Å². The van der Waals surface area contributed by atoms with Crippen LogP contribution in [0.15, 0.2) is 70.8 Å². The Labute approximate surface area is 181 Å². The highest BCUT2D eigenvalue weighted by Crippen LogP contribution is 2.35. The van der Waals surface area contributed by atoms with Crippen LogP contribution in [0.3, 0.4) is 0 Å². The van der Waals surface area contributed by atoms with Gasteiger partial charge in [0.15, 0.2) is 0 Å². The van der Waals surface area contributed by atoms with Crippen LogP contribution in [0, 0.1) is 12.3 Å². The lowest BCUT2D eigenvalue weighted by Gasteiger charge is -2.31. The fraction of sp³-hybridized carbons (Fsp3) is 0.280. The monoisotopic (exact) mass is 417 g/mol. The number of hydrogen-bond donors (Lipinski definition) is 1. The molecule has 0 saturated carbocycles. The van der Waals surface area contributed by atoms with E-state index in [4.69, 9.17) is 5.10 Å². The first-order valence-electron chi connectivity index (χ1n) is 10.2. The summed E-state index contributed by atoms with van der Waals surface area (Å²) in [7, 11) is 0. The molecule has 1 N–H and O–H groups in total. The molecule has 4 aromatic rings. The van der Waals surface area contributed by atoms with Crippen LogP contribution in [-0.4, -0.2) is 9.78 Å². The van der Waals surface area contributed by atoms with Crippen LogP contribution in [0.1, 0.15) is 37.3 Å². The van der Waals surface area contributed by atoms with E-state index >= 15 is 0 Å². The highest BCUT2D eigenvalue weighted by molar-refractivity contribution is 7.10. The normalized spacial score (nSPS) is 12.9. The van der Waals surface area contributed by atoms with Crippen LogP contribution in [0.5, 0.6) is 0 Å². The molecule has 1 atom stereocenters. The maximum absolute atomic E-state index is 13.2. The van der Waals surface area contributed by atoms with Crippen LogP contribution < -0.4 is 10.9 Å². The van der Waals surface area contributed by atoms with E-state index in [1.165, 1.54) is 10.4 Å². The second-order valence-electron chi connectivity index (χ2n) is 8.74. The lowest BCUT2D eigenvalue weighted by molar-refractivity contribution is 0.254. The van der Waals surface area contributed by atoms with Crippen molar-refractivity contribution in [3.63, 3.8) is 0 Å². The zero-order valence-corrected chi connectivity index (χ0v) is 18.7. The molecule has 0 aliphatic carbocycles. The zero-order valence-electron chi connectivity index (χ0n) is 17.8. The molecular weight excluding hydrogens is 390 g/mol. The Morgan fingerprint density at radius 1 is 1.00 bits per heavy atom. The molecular formula is C25H27N3OS. The van der Waals surface area contributed by atoms with Crippen molar-refractivity contribution < 1.29 is 0 Å². The first-order valence-corrected chi connectivity index (χ1v) is 11.1. The molecule has 1 unspecified atom stereocenters. The maximum Gasteiger partial charge on any atom is 0.275 e. The standard InChI is InChI=1S/C25H27N3OS/c1-17-11-13-18(14-12-17)22-19-8-5-6-9-20(19)24(29)28(27-22)16-26-23(25(2,3)4)21-10-7-15-30-21/h5-15,23,26H,16H2,1-4H3. The van der Waals surface area contributed by atoms with Gasteiger partial charge in [-0.15, -0.1) is 11.3 Å². The molecule has 2 aromatic carbocycles. The van der Waals surface area contributed by atoms with E-state index in [0.29, 0.717) is 12.1 Å². The van der Waals surface area contributed by atoms with Crippen LogP contribution >= 0.6 is 11.3 Å². The molecule has 0 amide bonds. The average Bonchev–Trinajstić information content (AvgIpc) is 3.24. The van der Waals surface area contributed by atoms with Gasteiger partial charge in [-0.1, -0.05) is 74.9 Å². The number of benzene rings is 2. The number of hydrogen-bond acceptors (Lipinski definition) is 4. The number of rotatable bonds is 5. The summed E-state index contributed by atoms with van der Waals surface area (Å²) >= 11 is 1.73. The van der Waals surface area contributed by atoms with Gasteiger partial charge in [-0.2, -0.15) is 5.10 Å². The Bertz CT molecular complexity index is 1200. The third kappa shape index (κ3) is 4.09. The summed E-state index contributed by atoms with van der Waals surface area (Å²) in [6.45, 7) is 9.04. The minimum absolute atomic E-state index is 0.00506. The zero-order chi connectivity index (χ0) is 21.3. The van der Waals surface area contributed by atoms with E-state index in [9.17, 15) is 4.79 Å². The summed E-state index contributed by atoms with van der Waals surface area (Å²) < 4.78 is 1.56. The van der Waals surface area contributed by atoms with Gasteiger partial charge in [0, 0.05) is 21.9 Å². The summed E-state index contributed by atoms with van der Waals surface area (Å²) in [4.78, 5) is 14.4. The van der Waals surface area contributed by atoms with Crippen molar-refractivity contribution in [2.45, 2.75) is 40.4 Å². The number of aromatic nitrogens is 2. The van der Waals surface area contributed by atoms with E-state index in [1.807, 2.05) is 24.3 Å². The Kier molecular flexibility index (Phi) is 5.58. The molecule has 0 spiro atoms. The molecule has 0 fully saturated rings. The van der Waals surface area contributed by atoms with Gasteiger partial charge >= 0.3 is 0 Å². The van der Waals surface area contributed by atoms with Gasteiger partial charge in [-0.25, -0.2) is 4.68 Å². The van der Waals surface area contributed by atoms with E-state index in [-0.39, 0.29) is 17.0 Å². The fourth-order valence-corrected chi connectivity index (χ4v) is 4.78. The van der Waals surface area contributed by atoms with Crippen LogP contribution in [0.25, 0.3) is 22.0 Å². The minimum atomic E-state index is -0.0761. The van der Waals surface area contributed by atoms with Gasteiger partial charge < -0.3 is 0 Å². The van der Waals surface area contributed by atoms with E-state index in [2.05, 4.69) is 74.8 Å². The Balaban J connectivity index is 1.77. The second-order valence-corrected chi connectivity index (χ2v) is 9.72. The van der Waals surface area contributed by atoms with E-state index in [1.54, 1.807) is 16.0 Å². The molecule has 4 nitrogen and oxygen atoms in total. The van der Waals surface area contributed by atoms with Gasteiger partial charge in [-0.3, -0.25) is 10.1 Å². The highest BCUT2D eigenvalue weighted by atomic mass is 32.1. The predicted octanol–water partition coefficient (Wildman–Crippen LogP) is 5.77. The Hall–Kier alpha value is -2.76. The third-order valence-electron chi connectivity index (χ3n) is 5.33. The summed E-state index contributed by atoms with van der Waals surface area (Å²) in [6.07, 6.45) is 0. The van der Waals surface area contributed by atoms with E-state index in [0.717, 1.165) is 16.6 Å². The smallest absolute Gasteiger partial charge is 0.275 e. The Morgan fingerprint density at radius 2 is 1.70 bits per heavy atom. The van der Waals surface area contributed by atoms with Crippen molar-refractivity contribution >= 4 is 22.1 Å². The Morgan fingerprint density at radius 3 is 2.33 bits per heavy atom. The molecule has 5 heteroatoms. The largest absolute Gasteiger partial charge is 0.290 e. The summed E-state index contributed by atoms with van der Waals surface area (Å²) in [6, 6.07) is 20.3. The van der Waals surface area contributed by atoms with Gasteiger partial charge in [0.25, 0.3) is 5.56 Å². The second kappa shape index (κ2) is 8.17. The topological polar surface area (TPSA) is 46.9 Å². The van der Waals surface area contributed by atoms with Crippen molar-refractivity contribution in [2.24, 2.45) is 5.41 Å². The van der Waals surface area contributed by atoms with Crippen LogP contribution in [0.4, 0.5) is 0 Å². The SMILES string of the molecule is Cc1ccc(-c2nn(CNC(c3cccs3)C(C)(C)C)c(=O)c3ccccc23)cc1. The molecule has 0 saturated heterocycles. The van der Waals surface area contributed by atoms with Crippen LogP contribution in [-0.2, 0) is 6.67 Å². The molecule has 154 valence electrons. The first kappa shape index (κ1) is 20.5. The van der Waals surface area contributed by atoms with Crippen molar-refractivity contribution in [3.05, 3.63) is 86.8 Å². The average molecular weight is 418 g/mol. The number of thiophene rings is 1. The molecule has 2 aromatic heterocycles. The molecule has 0 aliphatic rings. The van der Waals surface area contributed by atoms with E-state index < -0.39 is 0 Å². The molecule has 30 heavy (non-hydrogen) atoms. The maximum atomic E-state index is 13.2. The number of fused-ring (bicyclic) bond motifs is 1. The number of aryl methyl sites for hydroxylation is 1. The molecule has 0 radical (unpaired) electrons. The van der Waals surface area contributed by atoms with Crippen molar-refractivity contribution in [1.29, 1.82) is 0 Å². The van der Waals surface area contributed by atoms with Gasteiger partial charge in [0.2, 0.25) is 0 Å². The highest BCUT2D eigenvalue weighted by Gasteiger charge is 2.27. The van der Waals surface area contributed by atoms with Crippen LogP contribution in [0.2, 0.25) is 0 Å². The first-order chi connectivity index (χ1) is 14.3. The van der Waals surface area contributed by atoms with Crippen molar-refractivity contribution in [3.8, 4) is 11.3 Å². The van der Waals surface area contributed by atoms with Gasteiger partial charge in [-0.05, 0) is 29.9 Å². The molecule has 0 bridgehead atoms. The molecule has 0 aliphatic heterocycles. The quantitative estimate of drug-likeness (QED) is 0.448. The molecule has 2 heterocycles. The minimum Gasteiger partial charge on any atom is -0.290 e. The fourth-order valence-electron chi connectivity index (χ4n) is 3.73. The molecule has 4 rings (SSSR count). The summed E-state index contributed by atoms with van der Waals surface area (Å²) in [5.74, 6) is 0. The summed E-state index contributed by atoms with van der Waals surface area (Å²) in [5.41, 5.74) is 2.96. The number of nitrogens with one attached hydrogen (secondary N) is 1.